The molecule has 2 nitrogen and oxygen atoms in total. The van der Waals surface area contributed by atoms with Gasteiger partial charge in [0.25, 0.3) is 0 Å². The maximum Gasteiger partial charge on any atom is 0.0610 e. The molecule has 0 unspecified atom stereocenters. The molecule has 3 heterocycles. The van der Waals surface area contributed by atoms with Gasteiger partial charge in [0, 0.05) is 41.1 Å². The smallest absolute Gasteiger partial charge is 0.0610 e. The van der Waals surface area contributed by atoms with E-state index >= 15 is 0 Å². The van der Waals surface area contributed by atoms with Crippen molar-refractivity contribution in [1.29, 1.82) is 0 Å². The first-order chi connectivity index (χ1) is 19.8. The molecular formula is C38H32IrN2S-2. The number of aromatic nitrogens is 2. The fourth-order valence-electron chi connectivity index (χ4n) is 5.20. The SMILES string of the molecule is CC(C)(C)c1c[c-]c(-c2ccccn2)cc1.Cc1[c-]c(-c2nc3ccccc3c3sc4ccccc4c23)cc(C)c1.[Ir]. The van der Waals surface area contributed by atoms with Gasteiger partial charge in [-0.2, -0.15) is 0 Å². The van der Waals surface area contributed by atoms with E-state index in [2.05, 4.69) is 131 Å². The molecule has 211 valence electrons. The quantitative estimate of drug-likeness (QED) is 0.165. The molecular weight excluding hydrogens is 709 g/mol. The van der Waals surface area contributed by atoms with Crippen molar-refractivity contribution in [2.45, 2.75) is 40.0 Å². The molecule has 4 aromatic carbocycles. The van der Waals surface area contributed by atoms with Gasteiger partial charge < -0.3 is 4.98 Å². The summed E-state index contributed by atoms with van der Waals surface area (Å²) in [5.41, 5.74) is 9.06. The number of rotatable bonds is 2. The summed E-state index contributed by atoms with van der Waals surface area (Å²) >= 11 is 1.85. The Labute approximate surface area is 265 Å². The van der Waals surface area contributed by atoms with Crippen molar-refractivity contribution in [3.8, 4) is 22.5 Å². The molecule has 0 fully saturated rings. The predicted molar refractivity (Wildman–Crippen MR) is 176 cm³/mol. The second-order valence-electron chi connectivity index (χ2n) is 11.5. The van der Waals surface area contributed by atoms with Gasteiger partial charge in [-0.25, -0.2) is 0 Å². The molecule has 4 heteroatoms. The van der Waals surface area contributed by atoms with E-state index in [-0.39, 0.29) is 25.5 Å². The molecule has 0 spiro atoms. The predicted octanol–water partition coefficient (Wildman–Crippen LogP) is 10.5. The van der Waals surface area contributed by atoms with Crippen LogP contribution in [0.15, 0.2) is 103 Å². The van der Waals surface area contributed by atoms with Gasteiger partial charge in [0.1, 0.15) is 0 Å². The van der Waals surface area contributed by atoms with Crippen LogP contribution in [0, 0.1) is 26.0 Å². The largest absolute Gasteiger partial charge is 0.305 e. The van der Waals surface area contributed by atoms with Crippen molar-refractivity contribution in [2.24, 2.45) is 0 Å². The zero-order valence-electron chi connectivity index (χ0n) is 24.5. The fraction of sp³-hybridized carbons (Fsp3) is 0.158. The van der Waals surface area contributed by atoms with Crippen molar-refractivity contribution in [2.75, 3.05) is 0 Å². The molecule has 0 atom stereocenters. The third-order valence-electron chi connectivity index (χ3n) is 7.24. The van der Waals surface area contributed by atoms with Gasteiger partial charge in [0.2, 0.25) is 0 Å². The zero-order valence-corrected chi connectivity index (χ0v) is 27.7. The molecule has 42 heavy (non-hydrogen) atoms. The van der Waals surface area contributed by atoms with Crippen LogP contribution in [0.1, 0.15) is 37.5 Å². The van der Waals surface area contributed by atoms with Crippen LogP contribution in [0.4, 0.5) is 0 Å². The average molecular weight is 741 g/mol. The average Bonchev–Trinajstić information content (AvgIpc) is 3.37. The molecule has 0 saturated carbocycles. The number of para-hydroxylation sites is 1. The second kappa shape index (κ2) is 12.3. The molecule has 0 amide bonds. The number of benzene rings is 4. The minimum atomic E-state index is 0. The third-order valence-corrected chi connectivity index (χ3v) is 8.44. The van der Waals surface area contributed by atoms with Crippen molar-refractivity contribution in [3.05, 3.63) is 132 Å². The minimum absolute atomic E-state index is 0. The third kappa shape index (κ3) is 6.08. The summed E-state index contributed by atoms with van der Waals surface area (Å²) < 4.78 is 2.62. The first-order valence-corrected chi connectivity index (χ1v) is 14.7. The Morgan fingerprint density at radius 3 is 2.19 bits per heavy atom. The van der Waals surface area contributed by atoms with Crippen LogP contribution in [0.3, 0.4) is 0 Å². The number of hydrogen-bond donors (Lipinski definition) is 0. The first-order valence-electron chi connectivity index (χ1n) is 13.9. The fourth-order valence-corrected chi connectivity index (χ4v) is 6.44. The Bertz CT molecular complexity index is 1960. The van der Waals surface area contributed by atoms with Gasteiger partial charge in [-0.3, -0.25) is 4.98 Å². The summed E-state index contributed by atoms with van der Waals surface area (Å²) in [5.74, 6) is 0. The van der Waals surface area contributed by atoms with Crippen LogP contribution in [-0.2, 0) is 25.5 Å². The Hall–Kier alpha value is -3.69. The number of hydrogen-bond acceptors (Lipinski definition) is 3. The van der Waals surface area contributed by atoms with Crippen molar-refractivity contribution >= 4 is 42.4 Å². The van der Waals surface area contributed by atoms with Crippen LogP contribution in [-0.4, -0.2) is 9.97 Å². The van der Waals surface area contributed by atoms with E-state index in [1.807, 2.05) is 29.5 Å². The number of fused-ring (bicyclic) bond motifs is 5. The van der Waals surface area contributed by atoms with E-state index in [9.17, 15) is 0 Å². The summed E-state index contributed by atoms with van der Waals surface area (Å²) in [7, 11) is 0. The summed E-state index contributed by atoms with van der Waals surface area (Å²) in [5, 5.41) is 3.76. The van der Waals surface area contributed by atoms with Crippen molar-refractivity contribution < 1.29 is 20.1 Å². The molecule has 0 aliphatic rings. The standard InChI is InChI=1S/C23H16NS.C15H16N.Ir/c1-14-11-15(2)13-16(12-14)22-21-18-8-4-6-10-20(18)25-23(21)17-7-3-5-9-19(17)24-22;1-15(2,3)13-9-7-12(8-10-13)14-6-4-5-11-16-14;/h3-12H,1-2H3;4-7,9-11H,1-3H3;/q2*-1;. The van der Waals surface area contributed by atoms with Crippen molar-refractivity contribution in [3.63, 3.8) is 0 Å². The van der Waals surface area contributed by atoms with Crippen LogP contribution in [0.25, 0.3) is 53.6 Å². The van der Waals surface area contributed by atoms with Crippen LogP contribution >= 0.6 is 11.3 Å². The van der Waals surface area contributed by atoms with E-state index < -0.39 is 0 Å². The Morgan fingerprint density at radius 2 is 1.50 bits per heavy atom. The van der Waals surface area contributed by atoms with E-state index in [4.69, 9.17) is 4.98 Å². The number of thiophene rings is 1. The van der Waals surface area contributed by atoms with Crippen LogP contribution < -0.4 is 0 Å². The normalized spacial score (nSPS) is 11.3. The maximum atomic E-state index is 5.05. The van der Waals surface area contributed by atoms with Crippen LogP contribution in [0.2, 0.25) is 0 Å². The molecule has 7 aromatic rings. The topological polar surface area (TPSA) is 25.8 Å². The van der Waals surface area contributed by atoms with Gasteiger partial charge in [-0.1, -0.05) is 83.1 Å². The van der Waals surface area contributed by atoms with Gasteiger partial charge in [0.15, 0.2) is 0 Å². The number of nitrogens with zero attached hydrogens (tertiary/aromatic N) is 2. The zero-order chi connectivity index (χ0) is 28.6. The number of pyridine rings is 2. The second-order valence-corrected chi connectivity index (χ2v) is 12.5. The molecule has 0 aliphatic carbocycles. The van der Waals surface area contributed by atoms with Gasteiger partial charge in [0.05, 0.1) is 5.52 Å². The summed E-state index contributed by atoms with van der Waals surface area (Å²) in [4.78, 5) is 9.36. The van der Waals surface area contributed by atoms with Crippen molar-refractivity contribution in [1.82, 2.24) is 9.97 Å². The first kappa shape index (κ1) is 29.8. The minimum Gasteiger partial charge on any atom is -0.305 e. The van der Waals surface area contributed by atoms with Gasteiger partial charge in [-0.15, -0.1) is 81.6 Å². The molecule has 0 N–H and O–H groups in total. The van der Waals surface area contributed by atoms with E-state index in [0.29, 0.717) is 0 Å². The Kier molecular flexibility index (Phi) is 8.70. The summed E-state index contributed by atoms with van der Waals surface area (Å²) in [6, 6.07) is 40.4. The maximum absolute atomic E-state index is 5.05. The molecule has 0 saturated heterocycles. The van der Waals surface area contributed by atoms with Gasteiger partial charge >= 0.3 is 0 Å². The molecule has 0 bridgehead atoms. The van der Waals surface area contributed by atoms with E-state index in [1.54, 1.807) is 6.20 Å². The summed E-state index contributed by atoms with van der Waals surface area (Å²) in [6.07, 6.45) is 1.81. The molecule has 7 rings (SSSR count). The van der Waals surface area contributed by atoms with E-state index in [0.717, 1.165) is 33.6 Å². The Balaban J connectivity index is 0.000000181. The monoisotopic (exact) mass is 741 g/mol. The number of aryl methyl sites for hydroxylation is 2. The molecule has 1 radical (unpaired) electrons. The molecule has 3 aromatic heterocycles. The van der Waals surface area contributed by atoms with Crippen LogP contribution in [0.5, 0.6) is 0 Å². The summed E-state index contributed by atoms with van der Waals surface area (Å²) in [6.45, 7) is 10.8. The van der Waals surface area contributed by atoms with Gasteiger partial charge in [-0.05, 0) is 45.8 Å². The molecule has 0 aliphatic heterocycles. The Morgan fingerprint density at radius 1 is 0.762 bits per heavy atom. The van der Waals surface area contributed by atoms with E-state index in [1.165, 1.54) is 36.7 Å².